The van der Waals surface area contributed by atoms with Gasteiger partial charge in [0.2, 0.25) is 0 Å². The molecule has 0 atom stereocenters. The van der Waals surface area contributed by atoms with Crippen LogP contribution in [0.1, 0.15) is 15.9 Å². The number of hydrogen-bond acceptors (Lipinski definition) is 3. The van der Waals surface area contributed by atoms with Crippen molar-refractivity contribution in [2.75, 3.05) is 5.32 Å². The Kier molecular flexibility index (Phi) is 3.85. The van der Waals surface area contributed by atoms with E-state index in [1.165, 1.54) is 17.4 Å². The van der Waals surface area contributed by atoms with Crippen LogP contribution in [0.15, 0.2) is 36.4 Å². The van der Waals surface area contributed by atoms with E-state index in [0.29, 0.717) is 20.7 Å². The summed E-state index contributed by atoms with van der Waals surface area (Å²) in [6.45, 7) is 2.02. The molecule has 0 unspecified atom stereocenters. The summed E-state index contributed by atoms with van der Waals surface area (Å²) < 4.78 is 1.04. The Morgan fingerprint density at radius 3 is 2.71 bits per heavy atom. The smallest absolute Gasteiger partial charge is 0.257 e. The van der Waals surface area contributed by atoms with Crippen LogP contribution in [0.25, 0.3) is 10.2 Å². The van der Waals surface area contributed by atoms with Crippen LogP contribution in [-0.2, 0) is 0 Å². The summed E-state index contributed by atoms with van der Waals surface area (Å²) in [4.78, 5) is 16.6. The molecule has 0 aliphatic carbocycles. The van der Waals surface area contributed by atoms with E-state index >= 15 is 0 Å². The summed E-state index contributed by atoms with van der Waals surface area (Å²) in [5.74, 6) is -0.260. The third kappa shape index (κ3) is 3.02. The van der Waals surface area contributed by atoms with E-state index in [9.17, 15) is 4.79 Å². The predicted molar refractivity (Wildman–Crippen MR) is 88.8 cm³/mol. The van der Waals surface area contributed by atoms with Crippen molar-refractivity contribution in [2.45, 2.75) is 6.92 Å². The molecule has 1 heterocycles. The van der Waals surface area contributed by atoms with Crippen molar-refractivity contribution in [3.8, 4) is 0 Å². The van der Waals surface area contributed by atoms with Crippen LogP contribution in [-0.4, -0.2) is 10.9 Å². The second kappa shape index (κ2) is 5.64. The quantitative estimate of drug-likeness (QED) is 0.701. The summed E-state index contributed by atoms with van der Waals surface area (Å²) >= 11 is 13.2. The van der Waals surface area contributed by atoms with E-state index in [4.69, 9.17) is 23.2 Å². The highest BCUT2D eigenvalue weighted by atomic mass is 35.5. The summed E-state index contributed by atoms with van der Waals surface area (Å²) in [5.41, 5.74) is 2.48. The average molecular weight is 337 g/mol. The molecule has 0 radical (unpaired) electrons. The van der Waals surface area contributed by atoms with Crippen LogP contribution < -0.4 is 5.32 Å². The molecule has 1 amide bonds. The number of benzene rings is 2. The van der Waals surface area contributed by atoms with Gasteiger partial charge in [0, 0.05) is 5.56 Å². The molecule has 0 aliphatic heterocycles. The largest absolute Gasteiger partial charge is 0.298 e. The van der Waals surface area contributed by atoms with E-state index in [2.05, 4.69) is 10.3 Å². The van der Waals surface area contributed by atoms with E-state index in [0.717, 1.165) is 15.8 Å². The lowest BCUT2D eigenvalue weighted by Crippen LogP contribution is -2.11. The fourth-order valence-electron chi connectivity index (χ4n) is 1.89. The minimum atomic E-state index is -0.260. The predicted octanol–water partition coefficient (Wildman–Crippen LogP) is 5.16. The van der Waals surface area contributed by atoms with Crippen LogP contribution in [0.5, 0.6) is 0 Å². The molecule has 0 spiro atoms. The molecule has 2 aromatic carbocycles. The van der Waals surface area contributed by atoms with E-state index in [1.807, 2.05) is 25.1 Å². The second-order valence-corrected chi connectivity index (χ2v) is 6.42. The van der Waals surface area contributed by atoms with Crippen molar-refractivity contribution in [1.29, 1.82) is 0 Å². The Morgan fingerprint density at radius 2 is 1.95 bits per heavy atom. The highest BCUT2D eigenvalue weighted by Crippen LogP contribution is 2.28. The fraction of sp³-hybridized carbons (Fsp3) is 0.0667. The summed E-state index contributed by atoms with van der Waals surface area (Å²) in [5, 5.41) is 4.11. The minimum absolute atomic E-state index is 0.260. The number of hydrogen-bond donors (Lipinski definition) is 1. The van der Waals surface area contributed by atoms with Gasteiger partial charge in [-0.2, -0.15) is 0 Å². The van der Waals surface area contributed by atoms with Crippen molar-refractivity contribution in [3.63, 3.8) is 0 Å². The zero-order valence-electron chi connectivity index (χ0n) is 11.0. The fourth-order valence-corrected chi connectivity index (χ4v) is 3.15. The number of carbonyl (C=O) groups is 1. The number of fused-ring (bicyclic) bond motifs is 1. The number of nitrogens with zero attached hydrogens (tertiary/aromatic N) is 1. The monoisotopic (exact) mass is 336 g/mol. The molecule has 3 nitrogen and oxygen atoms in total. The van der Waals surface area contributed by atoms with E-state index in [-0.39, 0.29) is 5.91 Å². The number of anilines is 1. The Hall–Kier alpha value is -1.62. The Bertz CT molecular complexity index is 845. The van der Waals surface area contributed by atoms with Gasteiger partial charge in [-0.1, -0.05) is 40.6 Å². The molecule has 0 aliphatic rings. The highest BCUT2D eigenvalue weighted by Gasteiger charge is 2.11. The first kappa shape index (κ1) is 14.3. The van der Waals surface area contributed by atoms with Gasteiger partial charge < -0.3 is 0 Å². The van der Waals surface area contributed by atoms with Crippen LogP contribution in [0.3, 0.4) is 0 Å². The lowest BCUT2D eigenvalue weighted by Gasteiger charge is -2.02. The molecule has 0 saturated carbocycles. The molecule has 1 N–H and O–H groups in total. The van der Waals surface area contributed by atoms with E-state index in [1.54, 1.807) is 12.1 Å². The first-order chi connectivity index (χ1) is 10.0. The molecule has 3 aromatic rings. The van der Waals surface area contributed by atoms with Gasteiger partial charge in [0.15, 0.2) is 5.13 Å². The number of aromatic nitrogens is 1. The lowest BCUT2D eigenvalue weighted by atomic mass is 10.2. The molecule has 0 bridgehead atoms. The Balaban J connectivity index is 1.87. The normalized spacial score (nSPS) is 10.8. The molecule has 0 fully saturated rings. The third-order valence-corrected chi connectivity index (χ3v) is 4.62. The number of amides is 1. The maximum absolute atomic E-state index is 12.2. The maximum Gasteiger partial charge on any atom is 0.257 e. The van der Waals surface area contributed by atoms with Crippen LogP contribution in [0.2, 0.25) is 10.0 Å². The molecule has 6 heteroatoms. The first-order valence-corrected chi connectivity index (χ1v) is 7.74. The average Bonchev–Trinajstić information content (AvgIpc) is 2.83. The van der Waals surface area contributed by atoms with Crippen molar-refractivity contribution in [3.05, 3.63) is 57.6 Å². The number of halogens is 2. The second-order valence-electron chi connectivity index (χ2n) is 4.57. The zero-order chi connectivity index (χ0) is 15.0. The van der Waals surface area contributed by atoms with Gasteiger partial charge in [0.25, 0.3) is 5.91 Å². The number of nitrogens with one attached hydrogen (secondary N) is 1. The first-order valence-electron chi connectivity index (χ1n) is 6.16. The van der Waals surface area contributed by atoms with E-state index < -0.39 is 0 Å². The molecule has 1 aromatic heterocycles. The molecule has 21 heavy (non-hydrogen) atoms. The molecular formula is C15H10Cl2N2OS. The van der Waals surface area contributed by atoms with Gasteiger partial charge in [-0.05, 0) is 42.8 Å². The van der Waals surface area contributed by atoms with Gasteiger partial charge >= 0.3 is 0 Å². The van der Waals surface area contributed by atoms with Crippen LogP contribution in [0.4, 0.5) is 5.13 Å². The van der Waals surface area contributed by atoms with Crippen LogP contribution in [0, 0.1) is 6.92 Å². The molecular weight excluding hydrogens is 327 g/mol. The lowest BCUT2D eigenvalue weighted by molar-refractivity contribution is 0.102. The van der Waals surface area contributed by atoms with Gasteiger partial charge in [-0.25, -0.2) is 4.98 Å². The van der Waals surface area contributed by atoms with Crippen molar-refractivity contribution in [2.24, 2.45) is 0 Å². The maximum atomic E-state index is 12.2. The van der Waals surface area contributed by atoms with Gasteiger partial charge in [-0.3, -0.25) is 10.1 Å². The van der Waals surface area contributed by atoms with Crippen molar-refractivity contribution >= 4 is 55.8 Å². The minimum Gasteiger partial charge on any atom is -0.298 e. The molecule has 0 saturated heterocycles. The van der Waals surface area contributed by atoms with Crippen molar-refractivity contribution in [1.82, 2.24) is 4.98 Å². The highest BCUT2D eigenvalue weighted by molar-refractivity contribution is 7.22. The summed E-state index contributed by atoms with van der Waals surface area (Å²) in [6.07, 6.45) is 0. The van der Waals surface area contributed by atoms with Gasteiger partial charge in [-0.15, -0.1) is 0 Å². The Morgan fingerprint density at radius 1 is 1.14 bits per heavy atom. The van der Waals surface area contributed by atoms with Crippen molar-refractivity contribution < 1.29 is 4.79 Å². The Labute approximate surface area is 135 Å². The van der Waals surface area contributed by atoms with Gasteiger partial charge in [0.05, 0.1) is 20.3 Å². The van der Waals surface area contributed by atoms with Crippen LogP contribution >= 0.6 is 34.5 Å². The summed E-state index contributed by atoms with van der Waals surface area (Å²) in [7, 11) is 0. The standard InChI is InChI=1S/C15H10Cl2N2OS/c1-8-2-5-12-13(6-8)21-15(18-12)19-14(20)9-3-4-10(16)11(17)7-9/h2-7H,1H3,(H,18,19,20). The number of thiazole rings is 1. The summed E-state index contributed by atoms with van der Waals surface area (Å²) in [6, 6.07) is 10.7. The third-order valence-electron chi connectivity index (χ3n) is 2.95. The molecule has 3 rings (SSSR count). The number of aryl methyl sites for hydroxylation is 1. The number of carbonyl (C=O) groups excluding carboxylic acids is 1. The SMILES string of the molecule is Cc1ccc2nc(NC(=O)c3ccc(Cl)c(Cl)c3)sc2c1. The number of rotatable bonds is 2. The zero-order valence-corrected chi connectivity index (χ0v) is 13.3. The van der Waals surface area contributed by atoms with Gasteiger partial charge in [0.1, 0.15) is 0 Å². The molecule has 106 valence electrons. The topological polar surface area (TPSA) is 42.0 Å².